The third-order valence-electron chi connectivity index (χ3n) is 3.24. The lowest BCUT2D eigenvalue weighted by molar-refractivity contribution is 0.848. The summed E-state index contributed by atoms with van der Waals surface area (Å²) in [7, 11) is 0. The van der Waals surface area contributed by atoms with E-state index < -0.39 is 0 Å². The van der Waals surface area contributed by atoms with Gasteiger partial charge in [0.15, 0.2) is 5.82 Å². The number of rotatable bonds is 5. The van der Waals surface area contributed by atoms with Crippen molar-refractivity contribution in [2.45, 2.75) is 11.6 Å². The van der Waals surface area contributed by atoms with Gasteiger partial charge in [-0.2, -0.15) is 0 Å². The van der Waals surface area contributed by atoms with Gasteiger partial charge in [-0.3, -0.25) is 0 Å². The van der Waals surface area contributed by atoms with Crippen molar-refractivity contribution in [3.63, 3.8) is 0 Å². The first-order valence-electron chi connectivity index (χ1n) is 6.88. The molecule has 0 aliphatic rings. The van der Waals surface area contributed by atoms with E-state index in [2.05, 4.69) is 50.4 Å². The summed E-state index contributed by atoms with van der Waals surface area (Å²) in [4.78, 5) is 0. The number of aryl methyl sites for hydroxylation is 1. The van der Waals surface area contributed by atoms with Gasteiger partial charge in [0.2, 0.25) is 5.16 Å². The Hall–Kier alpha value is -1.79. The van der Waals surface area contributed by atoms with Gasteiger partial charge in [0.1, 0.15) is 0 Å². The van der Waals surface area contributed by atoms with Crippen molar-refractivity contribution in [1.29, 1.82) is 0 Å². The van der Waals surface area contributed by atoms with Gasteiger partial charge in [0.25, 0.3) is 0 Å². The highest BCUT2D eigenvalue weighted by molar-refractivity contribution is 9.10. The highest BCUT2D eigenvalue weighted by Gasteiger charge is 2.13. The minimum atomic E-state index is 0.662. The van der Waals surface area contributed by atoms with Crippen LogP contribution in [0.15, 0.2) is 64.2 Å². The highest BCUT2D eigenvalue weighted by Crippen LogP contribution is 2.28. The van der Waals surface area contributed by atoms with Crippen molar-refractivity contribution in [3.8, 4) is 11.4 Å². The Labute approximate surface area is 141 Å². The molecular formula is C16H15BrN4S. The number of aromatic nitrogens is 3. The zero-order chi connectivity index (χ0) is 15.4. The van der Waals surface area contributed by atoms with Gasteiger partial charge in [-0.1, -0.05) is 70.2 Å². The smallest absolute Gasteiger partial charge is 0.210 e. The summed E-state index contributed by atoms with van der Waals surface area (Å²) >= 11 is 5.13. The fraction of sp³-hybridized carbons (Fsp3) is 0.125. The van der Waals surface area contributed by atoms with E-state index in [0.717, 1.165) is 27.4 Å². The van der Waals surface area contributed by atoms with E-state index in [-0.39, 0.29) is 0 Å². The second kappa shape index (κ2) is 6.98. The molecule has 0 bridgehead atoms. The zero-order valence-corrected chi connectivity index (χ0v) is 14.2. The number of halogens is 1. The first-order valence-corrected chi connectivity index (χ1v) is 8.65. The molecule has 0 amide bonds. The van der Waals surface area contributed by atoms with Gasteiger partial charge in [-0.15, -0.1) is 10.2 Å². The Morgan fingerprint density at radius 1 is 1.00 bits per heavy atom. The van der Waals surface area contributed by atoms with Gasteiger partial charge in [0, 0.05) is 15.8 Å². The second-order valence-corrected chi connectivity index (χ2v) is 6.66. The van der Waals surface area contributed by atoms with E-state index in [1.165, 1.54) is 5.56 Å². The molecule has 1 aromatic heterocycles. The van der Waals surface area contributed by atoms with Crippen molar-refractivity contribution < 1.29 is 0 Å². The summed E-state index contributed by atoms with van der Waals surface area (Å²) in [6.07, 6.45) is 0.975. The van der Waals surface area contributed by atoms with Gasteiger partial charge >= 0.3 is 0 Å². The fourth-order valence-electron chi connectivity index (χ4n) is 2.11. The van der Waals surface area contributed by atoms with Crippen LogP contribution in [0.4, 0.5) is 0 Å². The number of nitrogens with two attached hydrogens (primary N) is 1. The molecule has 2 N–H and O–H groups in total. The van der Waals surface area contributed by atoms with E-state index in [1.807, 2.05) is 30.3 Å². The minimum Gasteiger partial charge on any atom is -0.335 e. The van der Waals surface area contributed by atoms with E-state index in [1.54, 1.807) is 16.4 Å². The molecule has 6 heteroatoms. The lowest BCUT2D eigenvalue weighted by atomic mass is 10.2. The van der Waals surface area contributed by atoms with Gasteiger partial charge in [-0.25, -0.2) is 4.68 Å². The van der Waals surface area contributed by atoms with Gasteiger partial charge in [0.05, 0.1) is 0 Å². The average molecular weight is 375 g/mol. The maximum absolute atomic E-state index is 6.13. The summed E-state index contributed by atoms with van der Waals surface area (Å²) in [5.41, 5.74) is 2.25. The lowest BCUT2D eigenvalue weighted by Crippen LogP contribution is -2.12. The van der Waals surface area contributed by atoms with E-state index >= 15 is 0 Å². The molecule has 112 valence electrons. The van der Waals surface area contributed by atoms with Crippen molar-refractivity contribution in [1.82, 2.24) is 14.9 Å². The number of nitrogens with zero attached hydrogens (tertiary/aromatic N) is 3. The summed E-state index contributed by atoms with van der Waals surface area (Å²) in [5, 5.41) is 9.13. The summed E-state index contributed by atoms with van der Waals surface area (Å²) in [6.45, 7) is 0. The third-order valence-corrected chi connectivity index (χ3v) is 4.88. The van der Waals surface area contributed by atoms with Crippen molar-refractivity contribution >= 4 is 27.7 Å². The quantitative estimate of drug-likeness (QED) is 0.545. The molecule has 0 unspecified atom stereocenters. The van der Waals surface area contributed by atoms with Crippen LogP contribution in [0.2, 0.25) is 0 Å². The molecule has 0 aliphatic heterocycles. The molecule has 0 radical (unpaired) electrons. The Balaban J connectivity index is 1.70. The Morgan fingerprint density at radius 2 is 1.73 bits per heavy atom. The predicted octanol–water partition coefficient (Wildman–Crippen LogP) is 3.76. The molecule has 2 aromatic carbocycles. The molecular weight excluding hydrogens is 360 g/mol. The number of nitrogen functional groups attached to an aromatic ring is 1. The summed E-state index contributed by atoms with van der Waals surface area (Å²) in [6, 6.07) is 18.2. The van der Waals surface area contributed by atoms with E-state index in [0.29, 0.717) is 5.82 Å². The Bertz CT molecular complexity index is 758. The van der Waals surface area contributed by atoms with Gasteiger partial charge in [-0.05, 0) is 24.1 Å². The summed E-state index contributed by atoms with van der Waals surface area (Å²) < 4.78 is 2.50. The minimum absolute atomic E-state index is 0.662. The van der Waals surface area contributed by atoms with Crippen LogP contribution in [0.3, 0.4) is 0 Å². The average Bonchev–Trinajstić information content (AvgIpc) is 2.90. The van der Waals surface area contributed by atoms with E-state index in [9.17, 15) is 0 Å². The first-order chi connectivity index (χ1) is 10.8. The number of thioether (sulfide) groups is 1. The molecule has 0 spiro atoms. The van der Waals surface area contributed by atoms with Crippen LogP contribution in [0.1, 0.15) is 5.56 Å². The molecule has 3 aromatic rings. The van der Waals surface area contributed by atoms with Crippen LogP contribution in [0.25, 0.3) is 11.4 Å². The van der Waals surface area contributed by atoms with E-state index in [4.69, 9.17) is 5.84 Å². The molecule has 0 saturated carbocycles. The fourth-order valence-corrected chi connectivity index (χ4v) is 3.41. The SMILES string of the molecule is Nn1c(SCCc2ccccc2)nnc1-c1ccccc1Br. The Kier molecular flexibility index (Phi) is 4.80. The highest BCUT2D eigenvalue weighted by atomic mass is 79.9. The van der Waals surface area contributed by atoms with Crippen LogP contribution in [-0.4, -0.2) is 20.6 Å². The maximum Gasteiger partial charge on any atom is 0.210 e. The van der Waals surface area contributed by atoms with Gasteiger partial charge < -0.3 is 5.84 Å². The molecule has 0 fully saturated rings. The first kappa shape index (κ1) is 15.1. The lowest BCUT2D eigenvalue weighted by Gasteiger charge is -2.05. The Morgan fingerprint density at radius 3 is 2.50 bits per heavy atom. The summed E-state index contributed by atoms with van der Waals surface area (Å²) in [5.74, 6) is 7.71. The monoisotopic (exact) mass is 374 g/mol. The second-order valence-electron chi connectivity index (χ2n) is 4.74. The molecule has 0 aliphatic carbocycles. The third kappa shape index (κ3) is 3.34. The van der Waals surface area contributed by atoms with Crippen LogP contribution in [0, 0.1) is 0 Å². The maximum atomic E-state index is 6.13. The van der Waals surface area contributed by atoms with Crippen LogP contribution >= 0.6 is 27.7 Å². The van der Waals surface area contributed by atoms with Crippen LogP contribution in [0.5, 0.6) is 0 Å². The molecule has 3 rings (SSSR count). The van der Waals surface area contributed by atoms with Crippen LogP contribution in [-0.2, 0) is 6.42 Å². The van der Waals surface area contributed by atoms with Crippen molar-refractivity contribution in [2.24, 2.45) is 0 Å². The predicted molar refractivity (Wildman–Crippen MR) is 94.2 cm³/mol. The molecule has 0 atom stereocenters. The van der Waals surface area contributed by atoms with Crippen molar-refractivity contribution in [3.05, 3.63) is 64.6 Å². The van der Waals surface area contributed by atoms with Crippen molar-refractivity contribution in [2.75, 3.05) is 11.6 Å². The molecule has 22 heavy (non-hydrogen) atoms. The molecule has 0 saturated heterocycles. The number of hydrogen-bond acceptors (Lipinski definition) is 4. The molecule has 1 heterocycles. The largest absolute Gasteiger partial charge is 0.335 e. The zero-order valence-electron chi connectivity index (χ0n) is 11.8. The normalized spacial score (nSPS) is 10.8. The number of benzene rings is 2. The number of hydrogen-bond donors (Lipinski definition) is 1. The standard InChI is InChI=1S/C16H15BrN4S/c17-14-9-5-4-8-13(14)15-19-20-16(21(15)18)22-11-10-12-6-2-1-3-7-12/h1-9H,10-11,18H2. The van der Waals surface area contributed by atoms with Crippen LogP contribution < -0.4 is 5.84 Å². The topological polar surface area (TPSA) is 56.7 Å². The molecule has 4 nitrogen and oxygen atoms in total.